The van der Waals surface area contributed by atoms with Crippen LogP contribution in [0.15, 0.2) is 64.6 Å². The summed E-state index contributed by atoms with van der Waals surface area (Å²) in [4.78, 5) is 49.0. The number of urea groups is 1. The third kappa shape index (κ3) is 3.91. The quantitative estimate of drug-likeness (QED) is 0.287. The molecule has 0 spiro atoms. The second-order valence-electron chi connectivity index (χ2n) is 7.31. The maximum absolute atomic E-state index is 13.0. The van der Waals surface area contributed by atoms with Crippen molar-refractivity contribution in [2.75, 3.05) is 4.90 Å². The van der Waals surface area contributed by atoms with E-state index in [9.17, 15) is 24.5 Å². The maximum Gasteiger partial charge on any atom is 0.335 e. The molecule has 9 heteroatoms. The Bertz CT molecular complexity index is 1280. The number of rotatable bonds is 4. The number of amides is 4. The van der Waals surface area contributed by atoms with E-state index in [1.54, 1.807) is 24.3 Å². The second kappa shape index (κ2) is 7.95. The minimum atomic E-state index is -0.826. The van der Waals surface area contributed by atoms with Gasteiger partial charge in [-0.1, -0.05) is 6.07 Å². The van der Waals surface area contributed by atoms with Gasteiger partial charge >= 0.3 is 6.03 Å². The summed E-state index contributed by atoms with van der Waals surface area (Å²) in [5.41, 5.74) is 2.36. The number of imide groups is 2. The number of nitro benzene ring substituents is 1. The Balaban J connectivity index is 1.66. The van der Waals surface area contributed by atoms with E-state index in [-0.39, 0.29) is 17.0 Å². The highest BCUT2D eigenvalue weighted by Crippen LogP contribution is 2.27. The van der Waals surface area contributed by atoms with Gasteiger partial charge in [0.15, 0.2) is 0 Å². The summed E-state index contributed by atoms with van der Waals surface area (Å²) in [7, 11) is 0. The summed E-state index contributed by atoms with van der Waals surface area (Å²) in [5, 5.41) is 13.0. The molecular formula is C23H17N3O6. The van der Waals surface area contributed by atoms with Crippen LogP contribution < -0.4 is 10.2 Å². The van der Waals surface area contributed by atoms with Crippen molar-refractivity contribution in [1.29, 1.82) is 0 Å². The first-order chi connectivity index (χ1) is 15.2. The van der Waals surface area contributed by atoms with Crippen LogP contribution in [0.1, 0.15) is 16.9 Å². The number of anilines is 1. The molecule has 32 heavy (non-hydrogen) atoms. The molecule has 0 atom stereocenters. The van der Waals surface area contributed by atoms with Crippen LogP contribution in [-0.4, -0.2) is 22.8 Å². The number of non-ortho nitro benzene ring substituents is 1. The van der Waals surface area contributed by atoms with E-state index in [4.69, 9.17) is 4.42 Å². The van der Waals surface area contributed by atoms with Gasteiger partial charge in [-0.2, -0.15) is 0 Å². The molecule has 9 nitrogen and oxygen atoms in total. The molecule has 4 amide bonds. The van der Waals surface area contributed by atoms with E-state index >= 15 is 0 Å². The zero-order valence-corrected chi connectivity index (χ0v) is 17.1. The Morgan fingerprint density at radius 1 is 0.969 bits per heavy atom. The van der Waals surface area contributed by atoms with Crippen molar-refractivity contribution >= 4 is 35.3 Å². The van der Waals surface area contributed by atoms with Crippen molar-refractivity contribution in [3.05, 3.63) is 87.2 Å². The lowest BCUT2D eigenvalue weighted by molar-refractivity contribution is -0.384. The highest BCUT2D eigenvalue weighted by molar-refractivity contribution is 6.39. The van der Waals surface area contributed by atoms with Crippen LogP contribution in [0.3, 0.4) is 0 Å². The standard InChI is InChI=1S/C23H17N3O6/c1-13-9-14(2)11-17(10-13)25-22(28)19(21(27)24-23(25)29)12-18-7-8-20(32-18)15-3-5-16(6-4-15)26(30)31/h3-12H,1-2H3,(H,24,27,29)/b19-12-. The number of hydrogen-bond donors (Lipinski definition) is 1. The summed E-state index contributed by atoms with van der Waals surface area (Å²) in [6.45, 7) is 3.68. The lowest BCUT2D eigenvalue weighted by Gasteiger charge is -2.26. The maximum atomic E-state index is 13.0. The summed E-state index contributed by atoms with van der Waals surface area (Å²) < 4.78 is 5.69. The van der Waals surface area contributed by atoms with Crippen LogP contribution in [-0.2, 0) is 9.59 Å². The van der Waals surface area contributed by atoms with Gasteiger partial charge in [-0.25, -0.2) is 9.69 Å². The van der Waals surface area contributed by atoms with Crippen molar-refractivity contribution in [2.45, 2.75) is 13.8 Å². The molecule has 0 radical (unpaired) electrons. The third-order valence-electron chi connectivity index (χ3n) is 4.84. The monoisotopic (exact) mass is 431 g/mol. The van der Waals surface area contributed by atoms with Crippen molar-refractivity contribution in [1.82, 2.24) is 5.32 Å². The van der Waals surface area contributed by atoms with E-state index in [0.717, 1.165) is 16.0 Å². The number of hydrogen-bond acceptors (Lipinski definition) is 6. The predicted octanol–water partition coefficient (Wildman–Crippen LogP) is 4.14. The van der Waals surface area contributed by atoms with E-state index in [1.807, 2.05) is 19.9 Å². The first-order valence-electron chi connectivity index (χ1n) is 9.57. The molecule has 2 heterocycles. The first-order valence-corrected chi connectivity index (χ1v) is 9.57. The van der Waals surface area contributed by atoms with Crippen molar-refractivity contribution < 1.29 is 23.7 Å². The molecule has 0 saturated carbocycles. The fraction of sp³-hybridized carbons (Fsp3) is 0.0870. The molecule has 1 saturated heterocycles. The molecule has 0 unspecified atom stereocenters. The molecular weight excluding hydrogens is 414 g/mol. The lowest BCUT2D eigenvalue weighted by atomic mass is 10.1. The van der Waals surface area contributed by atoms with Crippen molar-refractivity contribution in [2.24, 2.45) is 0 Å². The van der Waals surface area contributed by atoms with Crippen LogP contribution >= 0.6 is 0 Å². The molecule has 160 valence electrons. The number of nitrogens with zero attached hydrogens (tertiary/aromatic N) is 2. The van der Waals surface area contributed by atoms with Gasteiger partial charge in [-0.3, -0.25) is 25.0 Å². The van der Waals surface area contributed by atoms with Gasteiger partial charge in [0.2, 0.25) is 0 Å². The molecule has 2 aromatic carbocycles. The summed E-state index contributed by atoms with van der Waals surface area (Å²) in [6, 6.07) is 13.4. The van der Waals surface area contributed by atoms with Gasteiger partial charge in [-0.05, 0) is 67.4 Å². The second-order valence-corrected chi connectivity index (χ2v) is 7.31. The van der Waals surface area contributed by atoms with Gasteiger partial charge in [0.25, 0.3) is 17.5 Å². The Morgan fingerprint density at radius 2 is 1.62 bits per heavy atom. The molecule has 3 aromatic rings. The van der Waals surface area contributed by atoms with E-state index in [2.05, 4.69) is 5.32 Å². The molecule has 1 fully saturated rings. The van der Waals surface area contributed by atoms with Gasteiger partial charge < -0.3 is 4.42 Å². The zero-order valence-electron chi connectivity index (χ0n) is 17.1. The average molecular weight is 431 g/mol. The number of barbiturate groups is 1. The summed E-state index contributed by atoms with van der Waals surface area (Å²) in [5.74, 6) is -0.977. The van der Waals surface area contributed by atoms with E-state index < -0.39 is 22.8 Å². The highest BCUT2D eigenvalue weighted by Gasteiger charge is 2.37. The minimum Gasteiger partial charge on any atom is -0.457 e. The molecule has 1 N–H and O–H groups in total. The number of carbonyl (C=O) groups excluding carboxylic acids is 3. The smallest absolute Gasteiger partial charge is 0.335 e. The fourth-order valence-electron chi connectivity index (χ4n) is 3.45. The molecule has 0 bridgehead atoms. The van der Waals surface area contributed by atoms with E-state index in [1.165, 1.54) is 30.3 Å². The number of furan rings is 1. The number of aryl methyl sites for hydroxylation is 2. The van der Waals surface area contributed by atoms with E-state index in [0.29, 0.717) is 17.0 Å². The Hall–Kier alpha value is -4.53. The van der Waals surface area contributed by atoms with Gasteiger partial charge in [0, 0.05) is 17.7 Å². The van der Waals surface area contributed by atoms with Gasteiger partial charge in [-0.15, -0.1) is 0 Å². The highest BCUT2D eigenvalue weighted by atomic mass is 16.6. The molecule has 1 aliphatic rings. The SMILES string of the molecule is Cc1cc(C)cc(N2C(=O)NC(=O)/C(=C/c3ccc(-c4ccc([N+](=O)[O-])cc4)o3)C2=O)c1. The lowest BCUT2D eigenvalue weighted by Crippen LogP contribution is -2.54. The van der Waals surface area contributed by atoms with Crippen molar-refractivity contribution in [3.63, 3.8) is 0 Å². The number of carbonyl (C=O) groups is 3. The average Bonchev–Trinajstić information content (AvgIpc) is 3.19. The zero-order chi connectivity index (χ0) is 23.0. The third-order valence-corrected chi connectivity index (χ3v) is 4.84. The van der Waals surface area contributed by atoms with Crippen LogP contribution in [0.2, 0.25) is 0 Å². The van der Waals surface area contributed by atoms with Crippen LogP contribution in [0.5, 0.6) is 0 Å². The normalized spacial score (nSPS) is 15.2. The number of nitrogens with one attached hydrogen (secondary N) is 1. The summed E-state index contributed by atoms with van der Waals surface area (Å²) >= 11 is 0. The molecule has 4 rings (SSSR count). The van der Waals surface area contributed by atoms with Gasteiger partial charge in [0.1, 0.15) is 17.1 Å². The minimum absolute atomic E-state index is 0.0525. The first kappa shape index (κ1) is 20.7. The van der Waals surface area contributed by atoms with Gasteiger partial charge in [0.05, 0.1) is 10.6 Å². The molecule has 1 aliphatic heterocycles. The Labute approximate surface area is 182 Å². The topological polar surface area (TPSA) is 123 Å². The Kier molecular flexibility index (Phi) is 5.15. The van der Waals surface area contributed by atoms with Crippen LogP contribution in [0.25, 0.3) is 17.4 Å². The van der Waals surface area contributed by atoms with Crippen LogP contribution in [0.4, 0.5) is 16.2 Å². The van der Waals surface area contributed by atoms with Crippen molar-refractivity contribution in [3.8, 4) is 11.3 Å². The molecule has 0 aliphatic carbocycles. The largest absolute Gasteiger partial charge is 0.457 e. The fourth-order valence-corrected chi connectivity index (χ4v) is 3.45. The number of benzene rings is 2. The molecule has 1 aromatic heterocycles. The summed E-state index contributed by atoms with van der Waals surface area (Å²) in [6.07, 6.45) is 1.26. The Morgan fingerprint density at radius 3 is 2.25 bits per heavy atom. The predicted molar refractivity (Wildman–Crippen MR) is 116 cm³/mol. The number of nitro groups is 1. The van der Waals surface area contributed by atoms with Crippen LogP contribution in [0, 0.1) is 24.0 Å².